The van der Waals surface area contributed by atoms with Crippen molar-refractivity contribution in [2.45, 2.75) is 6.54 Å². The molecule has 3 rings (SSSR count). The normalized spacial score (nSPS) is 14.1. The summed E-state index contributed by atoms with van der Waals surface area (Å²) in [7, 11) is 3.19. The highest BCUT2D eigenvalue weighted by molar-refractivity contribution is 6.35. The molecule has 1 aliphatic heterocycles. The summed E-state index contributed by atoms with van der Waals surface area (Å²) in [6.07, 6.45) is 1.62. The average molecular weight is 367 g/mol. The Balaban J connectivity index is 2.07. The molecule has 0 unspecified atom stereocenters. The van der Waals surface area contributed by atoms with Gasteiger partial charge in [0.2, 0.25) is 0 Å². The first kappa shape index (κ1) is 18.6. The predicted octanol–water partition coefficient (Wildman–Crippen LogP) is 1.29. The molecule has 27 heavy (non-hydrogen) atoms. The number of carbonyl (C=O) groups is 2. The maximum atomic E-state index is 13.2. The van der Waals surface area contributed by atoms with E-state index in [1.165, 1.54) is 12.0 Å². The second kappa shape index (κ2) is 8.01. The van der Waals surface area contributed by atoms with Crippen molar-refractivity contribution in [3.05, 3.63) is 65.6 Å². The molecule has 140 valence electrons. The average Bonchev–Trinajstić information content (AvgIpc) is 2.93. The van der Waals surface area contributed by atoms with E-state index in [1.807, 2.05) is 0 Å². The van der Waals surface area contributed by atoms with E-state index in [0.717, 1.165) is 0 Å². The van der Waals surface area contributed by atoms with Gasteiger partial charge in [-0.3, -0.25) is 19.5 Å². The van der Waals surface area contributed by atoms with Gasteiger partial charge in [-0.1, -0.05) is 24.3 Å². The van der Waals surface area contributed by atoms with E-state index in [4.69, 9.17) is 4.74 Å². The van der Waals surface area contributed by atoms with Gasteiger partial charge in [0.1, 0.15) is 11.4 Å². The Hall–Kier alpha value is -3.19. The second-order valence-corrected chi connectivity index (χ2v) is 6.09. The number of pyridine rings is 1. The first-order valence-corrected chi connectivity index (χ1v) is 8.54. The Kier molecular flexibility index (Phi) is 5.52. The van der Waals surface area contributed by atoms with Crippen molar-refractivity contribution in [3.63, 3.8) is 0 Å². The van der Waals surface area contributed by atoms with Crippen molar-refractivity contribution in [2.24, 2.45) is 0 Å². The van der Waals surface area contributed by atoms with Crippen LogP contribution in [0.1, 0.15) is 11.3 Å². The zero-order chi connectivity index (χ0) is 19.4. The van der Waals surface area contributed by atoms with Crippen LogP contribution in [0.3, 0.4) is 0 Å². The Bertz CT molecular complexity index is 880. The Labute approximate surface area is 157 Å². The topological polar surface area (TPSA) is 83.0 Å². The highest BCUT2D eigenvalue weighted by atomic mass is 16.5. The summed E-state index contributed by atoms with van der Waals surface area (Å²) in [4.78, 5) is 33.2. The molecular formula is C20H21N3O4. The summed E-state index contributed by atoms with van der Waals surface area (Å²) in [6, 6.07) is 12.4. The van der Waals surface area contributed by atoms with Crippen molar-refractivity contribution in [2.75, 3.05) is 27.3 Å². The summed E-state index contributed by atoms with van der Waals surface area (Å²) in [6.45, 7) is 0.166. The number of nitrogens with zero attached hydrogens (tertiary/aromatic N) is 3. The maximum Gasteiger partial charge on any atom is 0.278 e. The summed E-state index contributed by atoms with van der Waals surface area (Å²) in [5, 5.41) is 9.30. The fourth-order valence-electron chi connectivity index (χ4n) is 3.07. The molecule has 0 aliphatic carbocycles. The molecule has 7 heteroatoms. The summed E-state index contributed by atoms with van der Waals surface area (Å²) >= 11 is 0. The van der Waals surface area contributed by atoms with Gasteiger partial charge in [0.15, 0.2) is 0 Å². The van der Waals surface area contributed by atoms with Gasteiger partial charge >= 0.3 is 0 Å². The van der Waals surface area contributed by atoms with Crippen molar-refractivity contribution in [3.8, 4) is 5.75 Å². The Morgan fingerprint density at radius 3 is 2.52 bits per heavy atom. The van der Waals surface area contributed by atoms with Crippen molar-refractivity contribution < 1.29 is 19.4 Å². The summed E-state index contributed by atoms with van der Waals surface area (Å²) in [5.41, 5.74) is 1.67. The second-order valence-electron chi connectivity index (χ2n) is 6.09. The number of amides is 2. The molecular weight excluding hydrogens is 346 g/mol. The molecule has 2 heterocycles. The lowest BCUT2D eigenvalue weighted by molar-refractivity contribution is -0.138. The molecule has 0 saturated heterocycles. The number of ether oxygens (including phenoxy) is 1. The molecule has 0 bridgehead atoms. The van der Waals surface area contributed by atoms with Gasteiger partial charge < -0.3 is 14.7 Å². The van der Waals surface area contributed by atoms with Crippen LogP contribution in [0.4, 0.5) is 0 Å². The van der Waals surface area contributed by atoms with Crippen LogP contribution in [-0.2, 0) is 16.1 Å². The molecule has 0 saturated carbocycles. The number of aliphatic hydroxyl groups excluding tert-OH is 1. The van der Waals surface area contributed by atoms with E-state index in [2.05, 4.69) is 4.98 Å². The zero-order valence-electron chi connectivity index (χ0n) is 15.3. The molecule has 1 aromatic heterocycles. The van der Waals surface area contributed by atoms with Gasteiger partial charge in [-0.25, -0.2) is 0 Å². The number of methoxy groups -OCH3 is 1. The molecule has 1 aliphatic rings. The molecule has 2 aromatic rings. The van der Waals surface area contributed by atoms with E-state index in [1.54, 1.807) is 60.6 Å². The van der Waals surface area contributed by atoms with Crippen LogP contribution in [0, 0.1) is 0 Å². The molecule has 1 N–H and O–H groups in total. The standard InChI is InChI=1S/C20H21N3O4/c1-22(11-12-24)18-17(15-8-3-4-9-16(15)27-2)19(25)23(20(18)26)13-14-7-5-6-10-21-14/h3-10,24H,11-13H2,1-2H3. The molecule has 0 radical (unpaired) electrons. The number of aliphatic hydroxyl groups is 1. The Morgan fingerprint density at radius 2 is 1.85 bits per heavy atom. The summed E-state index contributed by atoms with van der Waals surface area (Å²) in [5.74, 6) is -0.319. The van der Waals surface area contributed by atoms with Crippen LogP contribution in [0.15, 0.2) is 54.4 Å². The fraction of sp³-hybridized carbons (Fsp3) is 0.250. The van der Waals surface area contributed by atoms with Gasteiger partial charge in [-0.15, -0.1) is 0 Å². The quantitative estimate of drug-likeness (QED) is 0.743. The number of aromatic nitrogens is 1. The highest BCUT2D eigenvalue weighted by Gasteiger charge is 2.41. The minimum Gasteiger partial charge on any atom is -0.496 e. The van der Waals surface area contributed by atoms with Crippen LogP contribution in [0.25, 0.3) is 5.57 Å². The predicted molar refractivity (Wildman–Crippen MR) is 99.4 cm³/mol. The highest BCUT2D eigenvalue weighted by Crippen LogP contribution is 2.36. The molecule has 0 fully saturated rings. The number of imide groups is 1. The largest absolute Gasteiger partial charge is 0.496 e. The number of carbonyl (C=O) groups excluding carboxylic acids is 2. The zero-order valence-corrected chi connectivity index (χ0v) is 15.3. The van der Waals surface area contributed by atoms with Gasteiger partial charge in [0.25, 0.3) is 11.8 Å². The molecule has 1 aromatic carbocycles. The van der Waals surface area contributed by atoms with Crippen LogP contribution >= 0.6 is 0 Å². The van der Waals surface area contributed by atoms with E-state index in [0.29, 0.717) is 17.0 Å². The van der Waals surface area contributed by atoms with E-state index in [9.17, 15) is 14.7 Å². The number of benzene rings is 1. The lowest BCUT2D eigenvalue weighted by Gasteiger charge is -2.20. The van der Waals surface area contributed by atoms with E-state index >= 15 is 0 Å². The van der Waals surface area contributed by atoms with E-state index < -0.39 is 11.8 Å². The number of hydrogen-bond acceptors (Lipinski definition) is 6. The van der Waals surface area contributed by atoms with Crippen molar-refractivity contribution in [1.82, 2.24) is 14.8 Å². The number of rotatable bonds is 7. The third-order valence-corrected chi connectivity index (χ3v) is 4.38. The SMILES string of the molecule is COc1ccccc1C1=C(N(C)CCO)C(=O)N(Cc2ccccn2)C1=O. The van der Waals surface area contributed by atoms with Crippen molar-refractivity contribution >= 4 is 17.4 Å². The first-order chi connectivity index (χ1) is 13.1. The smallest absolute Gasteiger partial charge is 0.278 e. The van der Waals surface area contributed by atoms with Crippen LogP contribution in [-0.4, -0.2) is 59.0 Å². The lowest BCUT2D eigenvalue weighted by atomic mass is 10.0. The molecule has 2 amide bonds. The monoisotopic (exact) mass is 367 g/mol. The molecule has 0 atom stereocenters. The van der Waals surface area contributed by atoms with Crippen molar-refractivity contribution in [1.29, 1.82) is 0 Å². The minimum atomic E-state index is -0.414. The first-order valence-electron chi connectivity index (χ1n) is 8.54. The lowest BCUT2D eigenvalue weighted by Crippen LogP contribution is -2.34. The summed E-state index contributed by atoms with van der Waals surface area (Å²) < 4.78 is 5.39. The van der Waals surface area contributed by atoms with Gasteiger partial charge in [-0.05, 0) is 18.2 Å². The third-order valence-electron chi connectivity index (χ3n) is 4.38. The van der Waals surface area contributed by atoms with E-state index in [-0.39, 0.29) is 31.0 Å². The van der Waals surface area contributed by atoms with Crippen LogP contribution in [0.2, 0.25) is 0 Å². The van der Waals surface area contributed by atoms with Crippen LogP contribution in [0.5, 0.6) is 5.75 Å². The van der Waals surface area contributed by atoms with Crippen LogP contribution < -0.4 is 4.74 Å². The number of likely N-dealkylation sites (N-methyl/N-ethyl adjacent to an activating group) is 1. The third kappa shape index (κ3) is 3.54. The number of hydrogen-bond donors (Lipinski definition) is 1. The van der Waals surface area contributed by atoms with Gasteiger partial charge in [0, 0.05) is 25.4 Å². The molecule has 0 spiro atoms. The Morgan fingerprint density at radius 1 is 1.11 bits per heavy atom. The van der Waals surface area contributed by atoms with Gasteiger partial charge in [0.05, 0.1) is 31.5 Å². The fourth-order valence-corrected chi connectivity index (χ4v) is 3.07. The van der Waals surface area contributed by atoms with Gasteiger partial charge in [-0.2, -0.15) is 0 Å². The number of para-hydroxylation sites is 1. The maximum absolute atomic E-state index is 13.2. The minimum absolute atomic E-state index is 0.0770. The molecule has 7 nitrogen and oxygen atoms in total.